The Hall–Kier alpha value is -1.29. The van der Waals surface area contributed by atoms with E-state index < -0.39 is 11.7 Å². The average molecular weight is 288 g/mol. The molecule has 0 saturated heterocycles. The number of rotatable bonds is 3. The molecule has 0 nitrogen and oxygen atoms in total. The molecule has 0 bridgehead atoms. The molecule has 4 heteroatoms. The molecule has 0 radical (unpaired) electrons. The monoisotopic (exact) mass is 288 g/mol. The fourth-order valence-corrected chi connectivity index (χ4v) is 2.22. The van der Waals surface area contributed by atoms with Crippen LogP contribution in [-0.4, -0.2) is 6.18 Å². The van der Waals surface area contributed by atoms with E-state index in [1.165, 1.54) is 11.3 Å². The summed E-state index contributed by atoms with van der Waals surface area (Å²) in [6.07, 6.45) is -0.731. The maximum absolute atomic E-state index is 12.6. The molecule has 19 heavy (non-hydrogen) atoms. The smallest absolute Gasteiger partial charge is 0.166 e. The van der Waals surface area contributed by atoms with Gasteiger partial charge in [0.05, 0.1) is 5.57 Å². The molecule has 0 spiro atoms. The number of hydrogen-bond acceptors (Lipinski definition) is 1. The Labute approximate surface area is 117 Å². The van der Waals surface area contributed by atoms with E-state index in [9.17, 15) is 13.2 Å². The Bertz CT molecular complexity index is 462. The third-order valence-electron chi connectivity index (χ3n) is 2.19. The molecule has 0 aliphatic rings. The van der Waals surface area contributed by atoms with Gasteiger partial charge in [-0.25, -0.2) is 0 Å². The van der Waals surface area contributed by atoms with E-state index >= 15 is 0 Å². The minimum atomic E-state index is -4.36. The van der Waals surface area contributed by atoms with Crippen LogP contribution in [0.4, 0.5) is 13.2 Å². The van der Waals surface area contributed by atoms with Gasteiger partial charge in [-0.05, 0) is 37.6 Å². The molecule has 0 aliphatic heterocycles. The lowest BCUT2D eigenvalue weighted by Crippen LogP contribution is -2.09. The second-order valence-corrected chi connectivity index (χ2v) is 4.74. The summed E-state index contributed by atoms with van der Waals surface area (Å²) in [7, 11) is 0. The van der Waals surface area contributed by atoms with E-state index in [2.05, 4.69) is 6.58 Å². The Morgan fingerprint density at radius 1 is 1.26 bits per heavy atom. The topological polar surface area (TPSA) is 0 Å². The van der Waals surface area contributed by atoms with E-state index in [4.69, 9.17) is 0 Å². The molecule has 0 atom stereocenters. The van der Waals surface area contributed by atoms with Crippen molar-refractivity contribution in [2.75, 3.05) is 0 Å². The number of thiophene rings is 1. The van der Waals surface area contributed by atoms with Gasteiger partial charge in [0.25, 0.3) is 0 Å². The van der Waals surface area contributed by atoms with Crippen LogP contribution in [0, 0.1) is 6.92 Å². The first kappa shape index (κ1) is 17.7. The summed E-state index contributed by atoms with van der Waals surface area (Å²) in [4.78, 5) is 1.90. The van der Waals surface area contributed by atoms with E-state index in [1.54, 1.807) is 13.0 Å². The van der Waals surface area contributed by atoms with Gasteiger partial charge in [0, 0.05) is 9.75 Å². The van der Waals surface area contributed by atoms with Crippen LogP contribution in [-0.2, 0) is 0 Å². The van der Waals surface area contributed by atoms with Crippen LogP contribution in [0.3, 0.4) is 0 Å². The molecular weight excluding hydrogens is 269 g/mol. The van der Waals surface area contributed by atoms with Crippen LogP contribution in [0.1, 0.15) is 30.5 Å². The lowest BCUT2D eigenvalue weighted by atomic mass is 10.1. The molecular formula is C15H19F3S. The van der Waals surface area contributed by atoms with Gasteiger partial charge >= 0.3 is 6.18 Å². The predicted octanol–water partition coefficient (Wildman–Crippen LogP) is 6.16. The number of allylic oxidation sites excluding steroid dienone is 5. The van der Waals surface area contributed by atoms with Crippen molar-refractivity contribution in [3.63, 3.8) is 0 Å². The van der Waals surface area contributed by atoms with Crippen molar-refractivity contribution in [3.8, 4) is 0 Å². The van der Waals surface area contributed by atoms with E-state index in [0.29, 0.717) is 5.57 Å². The molecule has 1 aromatic heterocycles. The fourth-order valence-electron chi connectivity index (χ4n) is 1.31. The number of hydrogen-bond donors (Lipinski definition) is 0. The van der Waals surface area contributed by atoms with Crippen LogP contribution in [0.15, 0.2) is 42.5 Å². The fraction of sp³-hybridized carbons (Fsp3) is 0.333. The van der Waals surface area contributed by atoms with Crippen LogP contribution in [0.5, 0.6) is 0 Å². The van der Waals surface area contributed by atoms with Crippen molar-refractivity contribution in [2.45, 2.75) is 33.9 Å². The molecule has 0 aliphatic carbocycles. The molecule has 0 saturated carbocycles. The molecule has 0 amide bonds. The standard InChI is InChI=1S/C13H13F3S.C2H6/c1-4-10(12-7-6-9(3)17-12)8-11(5-2)13(14,15)16;1-2/h4-8H,2H2,1,3H3;1-2H3/b10-4+,11-8+;. The van der Waals surface area contributed by atoms with Gasteiger partial charge in [-0.15, -0.1) is 11.3 Å². The van der Waals surface area contributed by atoms with Crippen molar-refractivity contribution in [2.24, 2.45) is 0 Å². The van der Waals surface area contributed by atoms with Crippen LogP contribution in [0.2, 0.25) is 0 Å². The summed E-state index contributed by atoms with van der Waals surface area (Å²) in [5, 5.41) is 0. The molecule has 1 aromatic rings. The van der Waals surface area contributed by atoms with Crippen LogP contribution < -0.4 is 0 Å². The molecule has 106 valence electrons. The summed E-state index contributed by atoms with van der Waals surface area (Å²) in [6.45, 7) is 10.8. The highest BCUT2D eigenvalue weighted by Crippen LogP contribution is 2.31. The number of alkyl halides is 3. The third-order valence-corrected chi connectivity index (χ3v) is 3.24. The van der Waals surface area contributed by atoms with Crippen LogP contribution >= 0.6 is 11.3 Å². The molecule has 0 aromatic carbocycles. The summed E-state index contributed by atoms with van der Waals surface area (Å²) in [5.74, 6) is 0. The SMILES string of the molecule is C=C/C(=C\C(=C/C)c1ccc(C)s1)C(F)(F)F.CC. The van der Waals surface area contributed by atoms with Gasteiger partial charge in [-0.1, -0.05) is 32.6 Å². The quantitative estimate of drug-likeness (QED) is 0.584. The second kappa shape index (κ2) is 8.00. The third kappa shape index (κ3) is 5.47. The highest BCUT2D eigenvalue weighted by molar-refractivity contribution is 7.13. The van der Waals surface area contributed by atoms with Crippen molar-refractivity contribution in [1.29, 1.82) is 0 Å². The van der Waals surface area contributed by atoms with Gasteiger partial charge in [0.15, 0.2) is 0 Å². The molecule has 1 rings (SSSR count). The van der Waals surface area contributed by atoms with E-state index in [1.807, 2.05) is 32.9 Å². The van der Waals surface area contributed by atoms with E-state index in [-0.39, 0.29) is 0 Å². The first-order valence-electron chi connectivity index (χ1n) is 6.03. The first-order valence-corrected chi connectivity index (χ1v) is 6.84. The minimum Gasteiger partial charge on any atom is -0.166 e. The maximum atomic E-state index is 12.6. The predicted molar refractivity (Wildman–Crippen MR) is 78.4 cm³/mol. The molecule has 0 N–H and O–H groups in total. The van der Waals surface area contributed by atoms with Crippen molar-refractivity contribution in [1.82, 2.24) is 0 Å². The van der Waals surface area contributed by atoms with Gasteiger partial charge in [0.1, 0.15) is 0 Å². The average Bonchev–Trinajstić information content (AvgIpc) is 2.78. The Morgan fingerprint density at radius 2 is 1.84 bits per heavy atom. The summed E-state index contributed by atoms with van der Waals surface area (Å²) in [5.41, 5.74) is -0.160. The number of halogens is 3. The van der Waals surface area contributed by atoms with Gasteiger partial charge < -0.3 is 0 Å². The van der Waals surface area contributed by atoms with E-state index in [0.717, 1.165) is 21.9 Å². The zero-order chi connectivity index (χ0) is 15.1. The minimum absolute atomic E-state index is 0.565. The zero-order valence-corrected chi connectivity index (χ0v) is 12.5. The number of aryl methyl sites for hydroxylation is 1. The van der Waals surface area contributed by atoms with Crippen molar-refractivity contribution in [3.05, 3.63) is 52.3 Å². The molecule has 1 heterocycles. The largest absolute Gasteiger partial charge is 0.416 e. The lowest BCUT2D eigenvalue weighted by Gasteiger charge is -2.08. The lowest BCUT2D eigenvalue weighted by molar-refractivity contribution is -0.0880. The van der Waals surface area contributed by atoms with Gasteiger partial charge in [0.2, 0.25) is 0 Å². The maximum Gasteiger partial charge on any atom is 0.416 e. The molecule has 0 fully saturated rings. The van der Waals surface area contributed by atoms with Crippen molar-refractivity contribution < 1.29 is 13.2 Å². The Kier molecular flexibility index (Phi) is 7.45. The van der Waals surface area contributed by atoms with Crippen molar-refractivity contribution >= 4 is 16.9 Å². The normalized spacial score (nSPS) is 12.8. The summed E-state index contributed by atoms with van der Waals surface area (Å²) < 4.78 is 37.7. The molecule has 0 unspecified atom stereocenters. The summed E-state index contributed by atoms with van der Waals surface area (Å²) >= 11 is 1.47. The highest BCUT2D eigenvalue weighted by Gasteiger charge is 2.31. The second-order valence-electron chi connectivity index (χ2n) is 3.46. The first-order chi connectivity index (χ1) is 8.88. The van der Waals surface area contributed by atoms with Gasteiger partial charge in [-0.2, -0.15) is 13.2 Å². The Morgan fingerprint density at radius 3 is 2.16 bits per heavy atom. The Balaban J connectivity index is 0.00000154. The van der Waals surface area contributed by atoms with Gasteiger partial charge in [-0.3, -0.25) is 0 Å². The van der Waals surface area contributed by atoms with Crippen LogP contribution in [0.25, 0.3) is 5.57 Å². The highest BCUT2D eigenvalue weighted by atomic mass is 32.1. The zero-order valence-electron chi connectivity index (χ0n) is 11.6. The summed E-state index contributed by atoms with van der Waals surface area (Å²) in [6, 6.07) is 3.71.